The van der Waals surface area contributed by atoms with Gasteiger partial charge in [0.25, 0.3) is 0 Å². The molecule has 0 rings (SSSR count). The third-order valence-corrected chi connectivity index (χ3v) is 3.55. The van der Waals surface area contributed by atoms with E-state index < -0.39 is 16.0 Å². The number of sulfonamides is 1. The fourth-order valence-corrected chi connectivity index (χ4v) is 2.50. The predicted molar refractivity (Wildman–Crippen MR) is 59.3 cm³/mol. The van der Waals surface area contributed by atoms with Gasteiger partial charge in [0.1, 0.15) is 0 Å². The molecule has 6 nitrogen and oxygen atoms in total. The van der Waals surface area contributed by atoms with E-state index >= 15 is 0 Å². The molecule has 0 aromatic rings. The molecule has 0 aliphatic rings. The summed E-state index contributed by atoms with van der Waals surface area (Å²) < 4.78 is 29.7. The van der Waals surface area contributed by atoms with Crippen LogP contribution in [0.25, 0.3) is 0 Å². The lowest BCUT2D eigenvalue weighted by atomic mass is 10.3. The van der Waals surface area contributed by atoms with Crippen LogP contribution in [-0.4, -0.2) is 45.0 Å². The molecule has 16 heavy (non-hydrogen) atoms. The van der Waals surface area contributed by atoms with E-state index in [0.29, 0.717) is 6.42 Å². The number of aliphatic hydroxyl groups excluding tert-OH is 1. The highest BCUT2D eigenvalue weighted by Crippen LogP contribution is 1.99. The molecule has 1 atom stereocenters. The first kappa shape index (κ1) is 15.3. The first-order chi connectivity index (χ1) is 7.41. The lowest BCUT2D eigenvalue weighted by Gasteiger charge is -2.12. The van der Waals surface area contributed by atoms with Gasteiger partial charge in [-0.3, -0.25) is 4.79 Å². The number of hydrogen-bond acceptors (Lipinski definition) is 5. The van der Waals surface area contributed by atoms with Gasteiger partial charge in [-0.2, -0.15) is 0 Å². The second-order valence-corrected chi connectivity index (χ2v) is 5.40. The highest BCUT2D eigenvalue weighted by molar-refractivity contribution is 7.89. The van der Waals surface area contributed by atoms with Crippen molar-refractivity contribution < 1.29 is 23.1 Å². The van der Waals surface area contributed by atoms with Crippen molar-refractivity contribution in [3.63, 3.8) is 0 Å². The molecule has 96 valence electrons. The molecule has 0 saturated heterocycles. The van der Waals surface area contributed by atoms with Gasteiger partial charge in [-0.25, -0.2) is 13.1 Å². The number of nitrogens with one attached hydrogen (secondary N) is 1. The number of ether oxygens (including phenoxy) is 1. The van der Waals surface area contributed by atoms with Gasteiger partial charge in [0, 0.05) is 19.1 Å². The van der Waals surface area contributed by atoms with Crippen molar-refractivity contribution in [1.29, 1.82) is 0 Å². The zero-order chi connectivity index (χ0) is 12.6. The molecular weight excluding hydrogens is 234 g/mol. The molecule has 0 spiro atoms. The smallest absolute Gasteiger partial charge is 0.305 e. The van der Waals surface area contributed by atoms with Crippen LogP contribution in [0.15, 0.2) is 0 Å². The third-order valence-electron chi connectivity index (χ3n) is 1.96. The van der Waals surface area contributed by atoms with Crippen molar-refractivity contribution in [3.05, 3.63) is 0 Å². The molecule has 1 unspecified atom stereocenters. The molecule has 0 aliphatic heterocycles. The van der Waals surface area contributed by atoms with E-state index in [1.165, 1.54) is 7.11 Å². The van der Waals surface area contributed by atoms with Crippen molar-refractivity contribution in [1.82, 2.24) is 4.72 Å². The van der Waals surface area contributed by atoms with Crippen molar-refractivity contribution >= 4 is 16.0 Å². The molecule has 0 fully saturated rings. The Balaban J connectivity index is 3.92. The van der Waals surface area contributed by atoms with Gasteiger partial charge in [0.2, 0.25) is 10.0 Å². The number of methoxy groups -OCH3 is 1. The van der Waals surface area contributed by atoms with Gasteiger partial charge in [-0.05, 0) is 19.8 Å². The fourth-order valence-electron chi connectivity index (χ4n) is 1.13. The molecule has 0 radical (unpaired) electrons. The Hall–Kier alpha value is -0.660. The molecule has 0 heterocycles. The Bertz CT molecular complexity index is 301. The van der Waals surface area contributed by atoms with Crippen LogP contribution in [0.4, 0.5) is 0 Å². The lowest BCUT2D eigenvalue weighted by molar-refractivity contribution is -0.140. The normalized spacial score (nSPS) is 13.4. The quantitative estimate of drug-likeness (QED) is 0.576. The number of carbonyl (C=O) groups excluding carboxylic acids is 1. The topological polar surface area (TPSA) is 92.7 Å². The van der Waals surface area contributed by atoms with Crippen molar-refractivity contribution in [2.45, 2.75) is 32.2 Å². The van der Waals surface area contributed by atoms with Crippen LogP contribution in [-0.2, 0) is 19.6 Å². The number of esters is 1. The molecule has 0 aromatic heterocycles. The Morgan fingerprint density at radius 1 is 1.50 bits per heavy atom. The van der Waals surface area contributed by atoms with Gasteiger partial charge in [0.05, 0.1) is 12.9 Å². The van der Waals surface area contributed by atoms with Gasteiger partial charge < -0.3 is 9.84 Å². The van der Waals surface area contributed by atoms with Crippen LogP contribution in [0, 0.1) is 0 Å². The first-order valence-corrected chi connectivity index (χ1v) is 6.74. The molecule has 0 amide bonds. The van der Waals surface area contributed by atoms with Gasteiger partial charge in [0.15, 0.2) is 0 Å². The van der Waals surface area contributed by atoms with Gasteiger partial charge in [-0.15, -0.1) is 0 Å². The van der Waals surface area contributed by atoms with Crippen molar-refractivity contribution in [2.24, 2.45) is 0 Å². The minimum Gasteiger partial charge on any atom is -0.469 e. The van der Waals surface area contributed by atoms with Gasteiger partial charge >= 0.3 is 5.97 Å². The van der Waals surface area contributed by atoms with E-state index in [9.17, 15) is 13.2 Å². The molecule has 0 aromatic carbocycles. The largest absolute Gasteiger partial charge is 0.469 e. The van der Waals surface area contributed by atoms with Crippen LogP contribution < -0.4 is 4.72 Å². The maximum atomic E-state index is 11.4. The standard InChI is InChI=1S/C9H19NO5S/c1-8(5-6-11)10-16(13,14)7-3-4-9(12)15-2/h8,10-11H,3-7H2,1-2H3. The number of carbonyl (C=O) groups is 1. The van der Waals surface area contributed by atoms with Crippen LogP contribution in [0.1, 0.15) is 26.2 Å². The number of rotatable bonds is 8. The monoisotopic (exact) mass is 253 g/mol. The highest BCUT2D eigenvalue weighted by Gasteiger charge is 2.14. The van der Waals surface area contributed by atoms with Crippen molar-refractivity contribution in [3.8, 4) is 0 Å². The predicted octanol–water partition coefficient (Wildman–Crippen LogP) is -0.370. The Morgan fingerprint density at radius 2 is 2.12 bits per heavy atom. The van der Waals surface area contributed by atoms with Crippen LogP contribution in [0.2, 0.25) is 0 Å². The fraction of sp³-hybridized carbons (Fsp3) is 0.889. The summed E-state index contributed by atoms with van der Waals surface area (Å²) >= 11 is 0. The minimum atomic E-state index is -3.38. The van der Waals surface area contributed by atoms with E-state index in [0.717, 1.165) is 0 Å². The Morgan fingerprint density at radius 3 is 2.62 bits per heavy atom. The van der Waals surface area contributed by atoms with Crippen LogP contribution in [0.5, 0.6) is 0 Å². The summed E-state index contributed by atoms with van der Waals surface area (Å²) in [6.45, 7) is 1.61. The molecule has 0 aliphatic carbocycles. The number of aliphatic hydroxyl groups is 1. The summed E-state index contributed by atoms with van der Waals surface area (Å²) in [6, 6.07) is -0.298. The Kier molecular flexibility index (Phi) is 7.27. The third kappa shape index (κ3) is 7.61. The summed E-state index contributed by atoms with van der Waals surface area (Å²) in [4.78, 5) is 10.8. The average molecular weight is 253 g/mol. The summed E-state index contributed by atoms with van der Waals surface area (Å²) in [6.07, 6.45) is 0.690. The summed E-state index contributed by atoms with van der Waals surface area (Å²) in [7, 11) is -2.11. The summed E-state index contributed by atoms with van der Waals surface area (Å²) in [5.41, 5.74) is 0. The van der Waals surface area contributed by atoms with Crippen LogP contribution in [0.3, 0.4) is 0 Å². The molecule has 7 heteroatoms. The zero-order valence-electron chi connectivity index (χ0n) is 9.60. The van der Waals surface area contributed by atoms with E-state index in [1.54, 1.807) is 6.92 Å². The average Bonchev–Trinajstić information content (AvgIpc) is 2.16. The summed E-state index contributed by atoms with van der Waals surface area (Å²) in [5.74, 6) is -0.531. The van der Waals surface area contributed by atoms with E-state index in [1.807, 2.05) is 0 Å². The maximum Gasteiger partial charge on any atom is 0.305 e. The molecule has 0 bridgehead atoms. The Labute approximate surface area is 96.0 Å². The lowest BCUT2D eigenvalue weighted by Crippen LogP contribution is -2.35. The second-order valence-electron chi connectivity index (χ2n) is 3.53. The zero-order valence-corrected chi connectivity index (χ0v) is 10.4. The SMILES string of the molecule is COC(=O)CCCS(=O)(=O)NC(C)CCO. The van der Waals surface area contributed by atoms with E-state index in [-0.39, 0.29) is 31.2 Å². The molecule has 2 N–H and O–H groups in total. The highest BCUT2D eigenvalue weighted by atomic mass is 32.2. The van der Waals surface area contributed by atoms with Gasteiger partial charge in [-0.1, -0.05) is 0 Å². The van der Waals surface area contributed by atoms with E-state index in [4.69, 9.17) is 5.11 Å². The van der Waals surface area contributed by atoms with Crippen molar-refractivity contribution in [2.75, 3.05) is 19.5 Å². The molecule has 0 saturated carbocycles. The number of hydrogen-bond donors (Lipinski definition) is 2. The minimum absolute atomic E-state index is 0.0636. The van der Waals surface area contributed by atoms with Crippen LogP contribution >= 0.6 is 0 Å². The second kappa shape index (κ2) is 7.59. The maximum absolute atomic E-state index is 11.4. The first-order valence-electron chi connectivity index (χ1n) is 5.09. The summed E-state index contributed by atoms with van der Waals surface area (Å²) in [5, 5.41) is 8.62. The molecular formula is C9H19NO5S. The van der Waals surface area contributed by atoms with E-state index in [2.05, 4.69) is 9.46 Å².